The van der Waals surface area contributed by atoms with E-state index in [0.717, 1.165) is 0 Å². The molecule has 8 heteroatoms. The summed E-state index contributed by atoms with van der Waals surface area (Å²) in [6.45, 7) is 3.34. The van der Waals surface area contributed by atoms with Crippen LogP contribution < -0.4 is 25.1 Å². The number of hydrogen-bond donors (Lipinski definition) is 2. The number of hydrogen-bond acceptors (Lipinski definition) is 6. The van der Waals surface area contributed by atoms with Gasteiger partial charge in [0.1, 0.15) is 24.5 Å². The summed E-state index contributed by atoms with van der Waals surface area (Å²) in [4.78, 5) is 13.6. The first kappa shape index (κ1) is 13.3. The Morgan fingerprint density at radius 3 is 3.00 bits per heavy atom. The van der Waals surface area contributed by atoms with E-state index in [1.54, 1.807) is 17.9 Å². The quantitative estimate of drug-likeness (QED) is 0.817. The Kier molecular flexibility index (Phi) is 2.93. The maximum absolute atomic E-state index is 14.1. The molecule has 1 fully saturated rings. The molecule has 4 rings (SSSR count). The van der Waals surface area contributed by atoms with E-state index in [1.807, 2.05) is 0 Å². The number of nitrogens with zero attached hydrogens (tertiary/aromatic N) is 2. The molecule has 1 aromatic carbocycles. The lowest BCUT2D eigenvalue weighted by Crippen LogP contribution is -2.55. The first-order valence-corrected chi connectivity index (χ1v) is 7.13. The molecule has 1 unspecified atom stereocenters. The maximum Gasteiger partial charge on any atom is 0.262 e. The van der Waals surface area contributed by atoms with Gasteiger partial charge in [-0.2, -0.15) is 5.10 Å². The van der Waals surface area contributed by atoms with Crippen molar-refractivity contribution < 1.29 is 18.7 Å². The number of rotatable bonds is 2. The molecule has 3 aliphatic rings. The Morgan fingerprint density at radius 2 is 2.27 bits per heavy atom. The Labute approximate surface area is 126 Å². The third-order valence-corrected chi connectivity index (χ3v) is 4.01. The molecule has 0 aliphatic carbocycles. The van der Waals surface area contributed by atoms with Gasteiger partial charge in [0.05, 0.1) is 5.69 Å². The van der Waals surface area contributed by atoms with Gasteiger partial charge in [0, 0.05) is 25.2 Å². The normalized spacial score (nSPS) is 23.5. The molecule has 0 spiro atoms. The lowest BCUT2D eigenvalue weighted by atomic mass is 10.1. The molecule has 116 valence electrons. The van der Waals surface area contributed by atoms with E-state index < -0.39 is 11.9 Å². The summed E-state index contributed by atoms with van der Waals surface area (Å²) in [5, 5.41) is 7.06. The van der Waals surface area contributed by atoms with Crippen LogP contribution >= 0.6 is 0 Å². The largest absolute Gasteiger partial charge is 0.485 e. The zero-order chi connectivity index (χ0) is 15.3. The van der Waals surface area contributed by atoms with Crippen LogP contribution in [0.25, 0.3) is 0 Å². The highest BCUT2D eigenvalue weighted by Crippen LogP contribution is 2.39. The summed E-state index contributed by atoms with van der Waals surface area (Å²) in [7, 11) is 0. The lowest BCUT2D eigenvalue weighted by Gasteiger charge is -2.38. The third-order valence-electron chi connectivity index (χ3n) is 4.01. The summed E-state index contributed by atoms with van der Waals surface area (Å²) in [5.41, 5.74) is 3.05. The number of ether oxygens (including phenoxy) is 2. The number of anilines is 1. The molecule has 1 atom stereocenters. The van der Waals surface area contributed by atoms with Crippen molar-refractivity contribution in [3.63, 3.8) is 0 Å². The molecule has 3 heterocycles. The number of carbonyl (C=O) groups excluding carboxylic acids is 1. The molecule has 7 nitrogen and oxygen atoms in total. The van der Waals surface area contributed by atoms with E-state index in [-0.39, 0.29) is 24.4 Å². The number of amidine groups is 1. The number of hydrazone groups is 1. The van der Waals surface area contributed by atoms with Crippen LogP contribution in [0, 0.1) is 5.82 Å². The monoisotopic (exact) mass is 306 g/mol. The highest BCUT2D eigenvalue weighted by molar-refractivity contribution is 6.09. The van der Waals surface area contributed by atoms with Gasteiger partial charge in [0.15, 0.2) is 17.4 Å². The third kappa shape index (κ3) is 1.98. The van der Waals surface area contributed by atoms with Crippen LogP contribution in [0.4, 0.5) is 10.1 Å². The molecule has 3 aliphatic heterocycles. The van der Waals surface area contributed by atoms with Gasteiger partial charge >= 0.3 is 0 Å². The fraction of sp³-hybridized carbons (Fsp3) is 0.429. The second-order valence-corrected chi connectivity index (χ2v) is 5.49. The van der Waals surface area contributed by atoms with Crippen LogP contribution in [0.3, 0.4) is 0 Å². The van der Waals surface area contributed by atoms with E-state index in [4.69, 9.17) is 9.47 Å². The first-order chi connectivity index (χ1) is 10.6. The summed E-state index contributed by atoms with van der Waals surface area (Å²) in [6, 6.07) is 2.43. The van der Waals surface area contributed by atoms with Crippen LogP contribution in [0.2, 0.25) is 0 Å². The van der Waals surface area contributed by atoms with Crippen molar-refractivity contribution in [1.82, 2.24) is 10.7 Å². The van der Waals surface area contributed by atoms with E-state index in [0.29, 0.717) is 30.4 Å². The molecule has 22 heavy (non-hydrogen) atoms. The zero-order valence-corrected chi connectivity index (χ0v) is 11.9. The number of halogens is 1. The summed E-state index contributed by atoms with van der Waals surface area (Å²) >= 11 is 0. The van der Waals surface area contributed by atoms with Crippen LogP contribution in [-0.2, 0) is 4.79 Å². The summed E-state index contributed by atoms with van der Waals surface area (Å²) < 4.78 is 25.3. The van der Waals surface area contributed by atoms with Gasteiger partial charge in [0.25, 0.3) is 5.91 Å². The SMILES string of the molecule is CC1C(=O)NN=C2COc3cc(F)c(OC4CNC4)cc3N21. The molecule has 1 saturated heterocycles. The molecule has 2 N–H and O–H groups in total. The predicted molar refractivity (Wildman–Crippen MR) is 76.7 cm³/mol. The minimum atomic E-state index is -0.472. The number of benzene rings is 1. The smallest absolute Gasteiger partial charge is 0.262 e. The fourth-order valence-corrected chi connectivity index (χ4v) is 2.64. The van der Waals surface area contributed by atoms with Gasteiger partial charge in [-0.05, 0) is 6.92 Å². The topological polar surface area (TPSA) is 75.2 Å². The van der Waals surface area contributed by atoms with E-state index in [2.05, 4.69) is 15.8 Å². The van der Waals surface area contributed by atoms with Gasteiger partial charge in [0.2, 0.25) is 0 Å². The number of fused-ring (bicyclic) bond motifs is 3. The van der Waals surface area contributed by atoms with Gasteiger partial charge in [-0.1, -0.05) is 0 Å². The van der Waals surface area contributed by atoms with Gasteiger partial charge in [-0.3, -0.25) is 4.79 Å². The van der Waals surface area contributed by atoms with Crippen molar-refractivity contribution in [1.29, 1.82) is 0 Å². The minimum Gasteiger partial charge on any atom is -0.485 e. The second-order valence-electron chi connectivity index (χ2n) is 5.49. The molecular formula is C14H15FN4O3. The fourth-order valence-electron chi connectivity index (χ4n) is 2.64. The Bertz CT molecular complexity index is 674. The van der Waals surface area contributed by atoms with E-state index in [1.165, 1.54) is 6.07 Å². The predicted octanol–water partition coefficient (Wildman–Crippen LogP) is 0.207. The molecule has 0 saturated carbocycles. The summed E-state index contributed by atoms with van der Waals surface area (Å²) in [5.74, 6) is 0.444. The Hall–Kier alpha value is -2.35. The van der Waals surface area contributed by atoms with Gasteiger partial charge < -0.3 is 19.7 Å². The molecule has 0 bridgehead atoms. The van der Waals surface area contributed by atoms with Crippen molar-refractivity contribution in [2.75, 3.05) is 24.6 Å². The van der Waals surface area contributed by atoms with Crippen LogP contribution in [0.5, 0.6) is 11.5 Å². The molecule has 0 radical (unpaired) electrons. The molecule has 1 aromatic rings. The highest BCUT2D eigenvalue weighted by Gasteiger charge is 2.36. The minimum absolute atomic E-state index is 0.0349. The van der Waals surface area contributed by atoms with Crippen LogP contribution in [-0.4, -0.2) is 43.6 Å². The van der Waals surface area contributed by atoms with Crippen LogP contribution in [0.15, 0.2) is 17.2 Å². The van der Waals surface area contributed by atoms with Crippen molar-refractivity contribution in [2.45, 2.75) is 19.1 Å². The van der Waals surface area contributed by atoms with Crippen molar-refractivity contribution in [3.8, 4) is 11.5 Å². The molecular weight excluding hydrogens is 291 g/mol. The van der Waals surface area contributed by atoms with Crippen molar-refractivity contribution in [2.24, 2.45) is 5.10 Å². The Morgan fingerprint density at radius 1 is 1.45 bits per heavy atom. The van der Waals surface area contributed by atoms with Crippen molar-refractivity contribution >= 4 is 17.4 Å². The second kappa shape index (κ2) is 4.84. The van der Waals surface area contributed by atoms with Crippen LogP contribution in [0.1, 0.15) is 6.92 Å². The first-order valence-electron chi connectivity index (χ1n) is 7.13. The lowest BCUT2D eigenvalue weighted by molar-refractivity contribution is -0.122. The van der Waals surface area contributed by atoms with Crippen molar-refractivity contribution in [3.05, 3.63) is 17.9 Å². The molecule has 0 aromatic heterocycles. The summed E-state index contributed by atoms with van der Waals surface area (Å²) in [6.07, 6.45) is -0.0349. The average molecular weight is 306 g/mol. The van der Waals surface area contributed by atoms with E-state index in [9.17, 15) is 9.18 Å². The van der Waals surface area contributed by atoms with Gasteiger partial charge in [-0.25, -0.2) is 9.82 Å². The average Bonchev–Trinajstić information content (AvgIpc) is 2.46. The van der Waals surface area contributed by atoms with Gasteiger partial charge in [-0.15, -0.1) is 0 Å². The standard InChI is InChI=1S/C14H15FN4O3/c1-7-14(20)18-17-13-6-21-12-2-9(15)11(3-10(12)19(7)13)22-8-4-16-5-8/h2-3,7-8,16H,4-6H2,1H3,(H,18,20). The number of amides is 1. The highest BCUT2D eigenvalue weighted by atomic mass is 19.1. The molecule has 1 amide bonds. The van der Waals surface area contributed by atoms with E-state index >= 15 is 0 Å². The maximum atomic E-state index is 14.1. The number of carbonyl (C=O) groups is 1. The zero-order valence-electron chi connectivity index (χ0n) is 11.9. The number of nitrogens with one attached hydrogen (secondary N) is 2. The Balaban J connectivity index is 1.74.